The number of carbonyl (C=O) groups excluding carboxylic acids is 2. The van der Waals surface area contributed by atoms with Crippen LogP contribution in [0.15, 0.2) is 48.5 Å². The molecule has 2 aromatic rings. The van der Waals surface area contributed by atoms with Crippen molar-refractivity contribution >= 4 is 17.5 Å². The van der Waals surface area contributed by atoms with Gasteiger partial charge in [-0.3, -0.25) is 9.59 Å². The number of anilines is 1. The van der Waals surface area contributed by atoms with Gasteiger partial charge in [0.1, 0.15) is 0 Å². The number of nitrogens with zero attached hydrogens (tertiary/aromatic N) is 1. The molecule has 1 N–H and O–H groups in total. The molecule has 2 aromatic carbocycles. The van der Waals surface area contributed by atoms with Crippen molar-refractivity contribution in [1.29, 1.82) is 0 Å². The number of carbonyl (C=O) groups is 2. The lowest BCUT2D eigenvalue weighted by Crippen LogP contribution is -2.32. The highest BCUT2D eigenvalue weighted by atomic mass is 16.2. The Hall–Kier alpha value is -2.62. The average molecular weight is 336 g/mol. The van der Waals surface area contributed by atoms with Gasteiger partial charge in [-0.25, -0.2) is 0 Å². The topological polar surface area (TPSA) is 49.4 Å². The lowest BCUT2D eigenvalue weighted by molar-refractivity contribution is -0.131. The normalized spacial score (nSPS) is 16.1. The van der Waals surface area contributed by atoms with E-state index in [2.05, 4.69) is 17.4 Å². The van der Waals surface area contributed by atoms with Crippen molar-refractivity contribution in [1.82, 2.24) is 4.90 Å². The van der Waals surface area contributed by atoms with E-state index in [9.17, 15) is 9.59 Å². The fourth-order valence-electron chi connectivity index (χ4n) is 3.19. The van der Waals surface area contributed by atoms with E-state index < -0.39 is 0 Å². The summed E-state index contributed by atoms with van der Waals surface area (Å²) in [6.07, 6.45) is 1.68. The van der Waals surface area contributed by atoms with Crippen LogP contribution in [0.5, 0.6) is 0 Å². The van der Waals surface area contributed by atoms with Crippen LogP contribution in [0.3, 0.4) is 0 Å². The molecule has 0 saturated heterocycles. The van der Waals surface area contributed by atoms with Crippen molar-refractivity contribution in [2.24, 2.45) is 5.92 Å². The van der Waals surface area contributed by atoms with Gasteiger partial charge < -0.3 is 10.2 Å². The van der Waals surface area contributed by atoms with Crippen molar-refractivity contribution < 1.29 is 9.59 Å². The third-order valence-corrected chi connectivity index (χ3v) is 4.79. The number of hydrogen-bond acceptors (Lipinski definition) is 2. The van der Waals surface area contributed by atoms with Crippen LogP contribution >= 0.6 is 0 Å². The Morgan fingerprint density at radius 2 is 1.88 bits per heavy atom. The fraction of sp³-hybridized carbons (Fsp3) is 0.333. The first-order chi connectivity index (χ1) is 12.0. The largest absolute Gasteiger partial charge is 0.341 e. The summed E-state index contributed by atoms with van der Waals surface area (Å²) >= 11 is 0. The zero-order valence-electron chi connectivity index (χ0n) is 14.8. The van der Waals surface area contributed by atoms with Gasteiger partial charge in [0.15, 0.2) is 0 Å². The lowest BCUT2D eigenvalue weighted by Gasteiger charge is -2.25. The van der Waals surface area contributed by atoms with Crippen LogP contribution in [-0.2, 0) is 22.6 Å². The molecule has 3 rings (SSSR count). The van der Waals surface area contributed by atoms with E-state index in [0.717, 1.165) is 16.8 Å². The summed E-state index contributed by atoms with van der Waals surface area (Å²) in [7, 11) is 1.82. The van der Waals surface area contributed by atoms with Crippen molar-refractivity contribution in [2.45, 2.75) is 32.7 Å². The minimum absolute atomic E-state index is 0.0210. The van der Waals surface area contributed by atoms with Gasteiger partial charge in [0.2, 0.25) is 11.8 Å². The van der Waals surface area contributed by atoms with E-state index in [1.165, 1.54) is 5.56 Å². The van der Waals surface area contributed by atoms with Crippen LogP contribution in [0.4, 0.5) is 5.69 Å². The van der Waals surface area contributed by atoms with Gasteiger partial charge in [-0.15, -0.1) is 0 Å². The second-order valence-corrected chi connectivity index (χ2v) is 6.82. The van der Waals surface area contributed by atoms with Crippen LogP contribution in [0.25, 0.3) is 0 Å². The molecule has 130 valence electrons. The van der Waals surface area contributed by atoms with E-state index in [4.69, 9.17) is 0 Å². The summed E-state index contributed by atoms with van der Waals surface area (Å²) in [5.41, 5.74) is 4.37. The number of amides is 2. The Labute approximate surface area is 148 Å². The number of benzene rings is 2. The Kier molecular flexibility index (Phi) is 5.17. The summed E-state index contributed by atoms with van der Waals surface area (Å²) in [4.78, 5) is 26.4. The van der Waals surface area contributed by atoms with E-state index in [0.29, 0.717) is 25.8 Å². The van der Waals surface area contributed by atoms with Gasteiger partial charge in [-0.05, 0) is 37.0 Å². The summed E-state index contributed by atoms with van der Waals surface area (Å²) < 4.78 is 0. The SMILES string of the molecule is Cc1ccc(CN(C)C(=O)CCC2Cc3ccccc3NC2=O)cc1. The summed E-state index contributed by atoms with van der Waals surface area (Å²) in [6.45, 7) is 2.64. The standard InChI is InChI=1S/C21H24N2O2/c1-15-7-9-16(10-8-15)14-23(2)20(24)12-11-18-13-17-5-3-4-6-19(17)22-21(18)25/h3-10,18H,11-14H2,1-2H3,(H,22,25). The summed E-state index contributed by atoms with van der Waals surface area (Å²) in [5, 5.41) is 2.94. The predicted octanol–water partition coefficient (Wildman–Crippen LogP) is 3.54. The van der Waals surface area contributed by atoms with Crippen LogP contribution in [0.1, 0.15) is 29.5 Å². The molecule has 0 fully saturated rings. The molecule has 2 amide bonds. The lowest BCUT2D eigenvalue weighted by atomic mass is 9.89. The van der Waals surface area contributed by atoms with Crippen LogP contribution < -0.4 is 5.32 Å². The van der Waals surface area contributed by atoms with Crippen molar-refractivity contribution in [2.75, 3.05) is 12.4 Å². The number of rotatable bonds is 5. The summed E-state index contributed by atoms with van der Waals surface area (Å²) in [6, 6.07) is 16.1. The van der Waals surface area contributed by atoms with Crippen molar-refractivity contribution in [3.63, 3.8) is 0 Å². The predicted molar refractivity (Wildman–Crippen MR) is 99.2 cm³/mol. The molecule has 0 saturated carbocycles. The van der Waals surface area contributed by atoms with Gasteiger partial charge in [0, 0.05) is 31.6 Å². The Balaban J connectivity index is 1.53. The Bertz CT molecular complexity index is 768. The minimum Gasteiger partial charge on any atom is -0.341 e. The highest BCUT2D eigenvalue weighted by molar-refractivity contribution is 5.96. The third kappa shape index (κ3) is 4.27. The molecule has 0 radical (unpaired) electrons. The molecule has 1 aliphatic heterocycles. The molecule has 0 spiro atoms. The zero-order chi connectivity index (χ0) is 17.8. The third-order valence-electron chi connectivity index (χ3n) is 4.79. The number of fused-ring (bicyclic) bond motifs is 1. The van der Waals surface area contributed by atoms with Gasteiger partial charge >= 0.3 is 0 Å². The molecule has 0 aliphatic carbocycles. The molecule has 1 atom stereocenters. The van der Waals surface area contributed by atoms with Crippen LogP contribution in [0.2, 0.25) is 0 Å². The number of aryl methyl sites for hydroxylation is 1. The smallest absolute Gasteiger partial charge is 0.227 e. The van der Waals surface area contributed by atoms with Crippen LogP contribution in [-0.4, -0.2) is 23.8 Å². The van der Waals surface area contributed by atoms with Crippen molar-refractivity contribution in [3.05, 3.63) is 65.2 Å². The highest BCUT2D eigenvalue weighted by Crippen LogP contribution is 2.27. The molecule has 1 unspecified atom stereocenters. The maximum atomic E-state index is 12.4. The van der Waals surface area contributed by atoms with Gasteiger partial charge in [0.05, 0.1) is 0 Å². The second kappa shape index (κ2) is 7.51. The van der Waals surface area contributed by atoms with E-state index in [1.807, 2.05) is 50.4 Å². The quantitative estimate of drug-likeness (QED) is 0.908. The first-order valence-electron chi connectivity index (χ1n) is 8.71. The monoisotopic (exact) mass is 336 g/mol. The first kappa shape index (κ1) is 17.2. The second-order valence-electron chi connectivity index (χ2n) is 6.82. The van der Waals surface area contributed by atoms with Gasteiger partial charge in [0.25, 0.3) is 0 Å². The molecule has 25 heavy (non-hydrogen) atoms. The highest BCUT2D eigenvalue weighted by Gasteiger charge is 2.26. The molecule has 4 nitrogen and oxygen atoms in total. The summed E-state index contributed by atoms with van der Waals surface area (Å²) in [5.74, 6) is -0.0356. The van der Waals surface area contributed by atoms with E-state index in [1.54, 1.807) is 4.90 Å². The first-order valence-corrected chi connectivity index (χ1v) is 8.71. The number of nitrogens with one attached hydrogen (secondary N) is 1. The zero-order valence-corrected chi connectivity index (χ0v) is 14.8. The molecule has 1 heterocycles. The Morgan fingerprint density at radius 3 is 2.64 bits per heavy atom. The van der Waals surface area contributed by atoms with Gasteiger partial charge in [-0.2, -0.15) is 0 Å². The van der Waals surface area contributed by atoms with Crippen molar-refractivity contribution in [3.8, 4) is 0 Å². The average Bonchev–Trinajstić information content (AvgIpc) is 2.61. The maximum Gasteiger partial charge on any atom is 0.227 e. The minimum atomic E-state index is -0.133. The number of para-hydroxylation sites is 1. The molecular weight excluding hydrogens is 312 g/mol. The van der Waals surface area contributed by atoms with E-state index in [-0.39, 0.29) is 17.7 Å². The molecule has 0 bridgehead atoms. The molecule has 0 aromatic heterocycles. The Morgan fingerprint density at radius 1 is 1.16 bits per heavy atom. The van der Waals surface area contributed by atoms with Gasteiger partial charge in [-0.1, -0.05) is 48.0 Å². The molecule has 4 heteroatoms. The number of hydrogen-bond donors (Lipinski definition) is 1. The molecule has 1 aliphatic rings. The van der Waals surface area contributed by atoms with E-state index >= 15 is 0 Å². The maximum absolute atomic E-state index is 12.4. The molecular formula is C21H24N2O2. The van der Waals surface area contributed by atoms with Crippen LogP contribution in [0, 0.1) is 12.8 Å². The fourth-order valence-corrected chi connectivity index (χ4v) is 3.19.